The van der Waals surface area contributed by atoms with E-state index in [2.05, 4.69) is 32.2 Å². The largest absolute Gasteiger partial charge is 0.344 e. The van der Waals surface area contributed by atoms with E-state index >= 15 is 0 Å². The van der Waals surface area contributed by atoms with E-state index in [1.807, 2.05) is 53.9 Å². The molecule has 2 heterocycles. The molecule has 0 saturated carbocycles. The molecule has 2 amide bonds. The fourth-order valence-electron chi connectivity index (χ4n) is 2.75. The van der Waals surface area contributed by atoms with Gasteiger partial charge < -0.3 is 10.6 Å². The number of urea groups is 1. The number of carbonyl (C=O) groups is 1. The zero-order valence-corrected chi connectivity index (χ0v) is 16.5. The molecular weight excluding hydrogens is 396 g/mol. The van der Waals surface area contributed by atoms with Gasteiger partial charge in [-0.25, -0.2) is 4.79 Å². The van der Waals surface area contributed by atoms with Crippen LogP contribution in [-0.2, 0) is 0 Å². The van der Waals surface area contributed by atoms with Crippen molar-refractivity contribution in [1.82, 2.24) is 10.2 Å². The molecule has 4 rings (SSSR count). The lowest BCUT2D eigenvalue weighted by atomic mass is 10.1. The van der Waals surface area contributed by atoms with E-state index in [-0.39, 0.29) is 0 Å². The van der Waals surface area contributed by atoms with Crippen molar-refractivity contribution in [3.63, 3.8) is 0 Å². The van der Waals surface area contributed by atoms with Crippen LogP contribution in [0.3, 0.4) is 0 Å². The summed E-state index contributed by atoms with van der Waals surface area (Å²) in [7, 11) is 0. The standard InChI is InChI=1S/C22H16N6OS/c23-14-16-12-13-30-21(16)24-18-8-4-5-9-19(18)25-22(29)26-20-11-10-17(27-28-20)15-6-2-1-3-7-15/h1-13,24H,(H2,25,26,28,29). The Kier molecular flexibility index (Phi) is 5.64. The second kappa shape index (κ2) is 8.86. The second-order valence-corrected chi connectivity index (χ2v) is 7.11. The van der Waals surface area contributed by atoms with Gasteiger partial charge >= 0.3 is 6.03 Å². The summed E-state index contributed by atoms with van der Waals surface area (Å²) in [4.78, 5) is 12.4. The number of para-hydroxylation sites is 2. The molecule has 0 aliphatic carbocycles. The lowest BCUT2D eigenvalue weighted by molar-refractivity contribution is 0.262. The van der Waals surface area contributed by atoms with Crippen LogP contribution in [0.15, 0.2) is 78.2 Å². The zero-order chi connectivity index (χ0) is 20.8. The molecule has 0 saturated heterocycles. The van der Waals surface area contributed by atoms with Crippen molar-refractivity contribution in [3.8, 4) is 17.3 Å². The number of rotatable bonds is 5. The first kappa shape index (κ1) is 19.1. The monoisotopic (exact) mass is 412 g/mol. The number of aromatic nitrogens is 2. The summed E-state index contributed by atoms with van der Waals surface area (Å²) in [5, 5.41) is 28.6. The Morgan fingerprint density at radius 1 is 0.867 bits per heavy atom. The molecule has 0 fully saturated rings. The van der Waals surface area contributed by atoms with Gasteiger partial charge in [-0.1, -0.05) is 42.5 Å². The van der Waals surface area contributed by atoms with Gasteiger partial charge in [0.15, 0.2) is 5.82 Å². The number of amides is 2. The van der Waals surface area contributed by atoms with Crippen LogP contribution >= 0.6 is 11.3 Å². The maximum absolute atomic E-state index is 12.4. The third kappa shape index (κ3) is 4.43. The van der Waals surface area contributed by atoms with Crippen LogP contribution in [0, 0.1) is 11.3 Å². The van der Waals surface area contributed by atoms with Gasteiger partial charge in [-0.05, 0) is 35.7 Å². The van der Waals surface area contributed by atoms with Crippen LogP contribution in [0.4, 0.5) is 27.0 Å². The highest BCUT2D eigenvalue weighted by atomic mass is 32.1. The number of hydrogen-bond donors (Lipinski definition) is 3. The summed E-state index contributed by atoms with van der Waals surface area (Å²) < 4.78 is 0. The average Bonchev–Trinajstić information content (AvgIpc) is 3.23. The van der Waals surface area contributed by atoms with Crippen LogP contribution in [0.2, 0.25) is 0 Å². The highest BCUT2D eigenvalue weighted by molar-refractivity contribution is 7.14. The Morgan fingerprint density at radius 3 is 2.37 bits per heavy atom. The molecule has 0 bridgehead atoms. The maximum Gasteiger partial charge on any atom is 0.324 e. The van der Waals surface area contributed by atoms with Gasteiger partial charge in [0.1, 0.15) is 11.1 Å². The Morgan fingerprint density at radius 2 is 1.63 bits per heavy atom. The molecule has 0 atom stereocenters. The molecule has 3 N–H and O–H groups in total. The van der Waals surface area contributed by atoms with E-state index in [4.69, 9.17) is 0 Å². The molecule has 2 aromatic carbocycles. The molecule has 7 nitrogen and oxygen atoms in total. The number of nitrogens with zero attached hydrogens (tertiary/aromatic N) is 3. The summed E-state index contributed by atoms with van der Waals surface area (Å²) in [6, 6.07) is 23.9. The molecular formula is C22H16N6OS. The van der Waals surface area contributed by atoms with E-state index in [0.717, 1.165) is 16.3 Å². The molecule has 0 radical (unpaired) electrons. The number of nitrogens with one attached hydrogen (secondary N) is 3. The van der Waals surface area contributed by atoms with Crippen molar-refractivity contribution in [3.05, 3.63) is 83.7 Å². The summed E-state index contributed by atoms with van der Waals surface area (Å²) in [5.74, 6) is 0.336. The topological polar surface area (TPSA) is 103 Å². The van der Waals surface area contributed by atoms with E-state index in [1.54, 1.807) is 24.3 Å². The number of thiophene rings is 1. The molecule has 0 aliphatic heterocycles. The Balaban J connectivity index is 1.44. The highest BCUT2D eigenvalue weighted by Crippen LogP contribution is 2.30. The minimum atomic E-state index is -0.447. The fraction of sp³-hybridized carbons (Fsp3) is 0. The van der Waals surface area contributed by atoms with Crippen molar-refractivity contribution in [2.24, 2.45) is 0 Å². The zero-order valence-electron chi connectivity index (χ0n) is 15.7. The van der Waals surface area contributed by atoms with E-state index in [0.29, 0.717) is 22.8 Å². The maximum atomic E-state index is 12.4. The number of carbonyl (C=O) groups excluding carboxylic acids is 1. The molecule has 0 spiro atoms. The molecule has 8 heteroatoms. The minimum absolute atomic E-state index is 0.336. The number of benzene rings is 2. The van der Waals surface area contributed by atoms with E-state index < -0.39 is 6.03 Å². The molecule has 0 aliphatic rings. The second-order valence-electron chi connectivity index (χ2n) is 6.19. The van der Waals surface area contributed by atoms with Gasteiger partial charge in [-0.15, -0.1) is 21.5 Å². The number of hydrogen-bond acceptors (Lipinski definition) is 6. The summed E-state index contributed by atoms with van der Waals surface area (Å²) >= 11 is 1.42. The predicted molar refractivity (Wildman–Crippen MR) is 119 cm³/mol. The lowest BCUT2D eigenvalue weighted by Gasteiger charge is -2.13. The molecule has 2 aromatic heterocycles. The van der Waals surface area contributed by atoms with Crippen molar-refractivity contribution < 1.29 is 4.79 Å². The van der Waals surface area contributed by atoms with Gasteiger partial charge in [0.05, 0.1) is 22.6 Å². The summed E-state index contributed by atoms with van der Waals surface area (Å²) in [6.07, 6.45) is 0. The Bertz CT molecular complexity index is 1200. The molecule has 30 heavy (non-hydrogen) atoms. The van der Waals surface area contributed by atoms with Gasteiger partial charge in [0, 0.05) is 5.56 Å². The average molecular weight is 412 g/mol. The number of nitriles is 1. The van der Waals surface area contributed by atoms with Gasteiger partial charge in [-0.3, -0.25) is 5.32 Å². The number of anilines is 4. The molecule has 146 valence electrons. The highest BCUT2D eigenvalue weighted by Gasteiger charge is 2.10. The van der Waals surface area contributed by atoms with Crippen LogP contribution in [-0.4, -0.2) is 16.2 Å². The third-order valence-electron chi connectivity index (χ3n) is 4.18. The summed E-state index contributed by atoms with van der Waals surface area (Å²) in [6.45, 7) is 0. The van der Waals surface area contributed by atoms with Crippen LogP contribution in [0.1, 0.15) is 5.56 Å². The Labute approximate surface area is 177 Å². The van der Waals surface area contributed by atoms with Crippen molar-refractivity contribution in [2.75, 3.05) is 16.0 Å². The van der Waals surface area contributed by atoms with Crippen molar-refractivity contribution in [1.29, 1.82) is 5.26 Å². The first-order valence-electron chi connectivity index (χ1n) is 9.04. The normalized spacial score (nSPS) is 10.1. The van der Waals surface area contributed by atoms with Crippen LogP contribution in [0.25, 0.3) is 11.3 Å². The minimum Gasteiger partial charge on any atom is -0.344 e. The predicted octanol–water partition coefficient (Wildman–Crippen LogP) is 5.46. The van der Waals surface area contributed by atoms with Gasteiger partial charge in [0.25, 0.3) is 0 Å². The molecule has 0 unspecified atom stereocenters. The smallest absolute Gasteiger partial charge is 0.324 e. The summed E-state index contributed by atoms with van der Waals surface area (Å²) in [5.41, 5.74) is 3.47. The van der Waals surface area contributed by atoms with Gasteiger partial charge in [0.2, 0.25) is 0 Å². The van der Waals surface area contributed by atoms with Crippen LogP contribution in [0.5, 0.6) is 0 Å². The van der Waals surface area contributed by atoms with Crippen LogP contribution < -0.4 is 16.0 Å². The van der Waals surface area contributed by atoms with Crippen molar-refractivity contribution >= 4 is 39.6 Å². The molecule has 4 aromatic rings. The SMILES string of the molecule is N#Cc1ccsc1Nc1ccccc1NC(=O)Nc1ccc(-c2ccccc2)nn1. The van der Waals surface area contributed by atoms with Gasteiger partial charge in [-0.2, -0.15) is 5.26 Å². The first-order valence-corrected chi connectivity index (χ1v) is 9.92. The van der Waals surface area contributed by atoms with Crippen molar-refractivity contribution in [2.45, 2.75) is 0 Å². The third-order valence-corrected chi connectivity index (χ3v) is 5.01. The Hall–Kier alpha value is -4.22. The van der Waals surface area contributed by atoms with E-state index in [1.165, 1.54) is 11.3 Å². The lowest BCUT2D eigenvalue weighted by Crippen LogP contribution is -2.20. The first-order chi connectivity index (χ1) is 14.7. The fourth-order valence-corrected chi connectivity index (χ4v) is 3.50. The van der Waals surface area contributed by atoms with E-state index in [9.17, 15) is 10.1 Å². The quantitative estimate of drug-likeness (QED) is 0.404.